The van der Waals surface area contributed by atoms with E-state index in [1.165, 1.54) is 18.4 Å². The first-order valence-electron chi connectivity index (χ1n) is 13.2. The van der Waals surface area contributed by atoms with Crippen LogP contribution in [0.2, 0.25) is 0 Å². The average Bonchev–Trinajstić information content (AvgIpc) is 3.69. The number of ketones is 1. The maximum Gasteiger partial charge on any atom is 0.235 e. The molecule has 2 aliphatic heterocycles. The van der Waals surface area contributed by atoms with Crippen LogP contribution in [-0.4, -0.2) is 71.2 Å². The summed E-state index contributed by atoms with van der Waals surface area (Å²) in [5, 5.41) is 6.64. The van der Waals surface area contributed by atoms with E-state index in [0.717, 1.165) is 55.4 Å². The minimum atomic E-state index is 0.102. The van der Waals surface area contributed by atoms with Crippen LogP contribution in [0.3, 0.4) is 0 Å². The van der Waals surface area contributed by atoms with Crippen molar-refractivity contribution in [3.63, 3.8) is 0 Å². The van der Waals surface area contributed by atoms with Crippen molar-refractivity contribution in [2.75, 3.05) is 55.3 Å². The number of aromatic nitrogens is 3. The van der Waals surface area contributed by atoms with Gasteiger partial charge < -0.3 is 20.4 Å². The Morgan fingerprint density at radius 3 is 2.32 bits per heavy atom. The molecule has 3 heterocycles. The molecule has 194 valence electrons. The number of benzene rings is 2. The van der Waals surface area contributed by atoms with Crippen molar-refractivity contribution in [2.45, 2.75) is 19.3 Å². The Labute approximate surface area is 222 Å². The summed E-state index contributed by atoms with van der Waals surface area (Å²) in [6, 6.07) is 17.2. The molecule has 0 unspecified atom stereocenters. The summed E-state index contributed by atoms with van der Waals surface area (Å²) in [5.74, 6) is 3.20. The molecule has 38 heavy (non-hydrogen) atoms. The Bertz CT molecular complexity index is 1360. The lowest BCUT2D eigenvalue weighted by Gasteiger charge is -2.32. The molecule has 0 bridgehead atoms. The van der Waals surface area contributed by atoms with Crippen LogP contribution < -0.4 is 15.5 Å². The van der Waals surface area contributed by atoms with E-state index in [0.29, 0.717) is 30.2 Å². The molecule has 2 aromatic carbocycles. The third kappa shape index (κ3) is 5.89. The summed E-state index contributed by atoms with van der Waals surface area (Å²) in [5.41, 5.74) is 3.92. The van der Waals surface area contributed by atoms with Gasteiger partial charge in [-0.1, -0.05) is 42.5 Å². The Morgan fingerprint density at radius 1 is 0.895 bits per heavy atom. The zero-order valence-corrected chi connectivity index (χ0v) is 21.6. The van der Waals surface area contributed by atoms with E-state index in [1.807, 2.05) is 54.6 Å². The fraction of sp³-hybridized carbons (Fsp3) is 0.345. The number of nitrogens with one attached hydrogen (secondary N) is 2. The summed E-state index contributed by atoms with van der Waals surface area (Å²) >= 11 is 0. The maximum atomic E-state index is 12.6. The quantitative estimate of drug-likeness (QED) is 0.442. The van der Waals surface area contributed by atoms with E-state index in [9.17, 15) is 4.79 Å². The molecule has 0 spiro atoms. The zero-order chi connectivity index (χ0) is 25.9. The van der Waals surface area contributed by atoms with Gasteiger partial charge in [-0.3, -0.25) is 9.79 Å². The Balaban J connectivity index is 1.18. The minimum Gasteiger partial charge on any atom is -0.338 e. The predicted octanol–water partition coefficient (Wildman–Crippen LogP) is 3.95. The van der Waals surface area contributed by atoms with Crippen molar-refractivity contribution < 1.29 is 4.79 Å². The van der Waals surface area contributed by atoms with Crippen LogP contribution in [0.25, 0.3) is 0 Å². The standard InChI is InChI=1S/C29H32N8O/c1-36-13-15-37(16-14-36)29-34-27(33-28(35-29)32-26-18-23(19-30-26)21-9-10-21)31-24-11-7-20(8-12-24)17-25(38)22-5-3-2-4-6-22/h2-8,11-12,18,21H,9-10,13-17,19H2,1H3,(H2,30,31,32,33,34,35). The molecule has 3 aliphatic rings. The van der Waals surface area contributed by atoms with Gasteiger partial charge in [-0.05, 0) is 55.2 Å². The van der Waals surface area contributed by atoms with Gasteiger partial charge in [0.15, 0.2) is 5.78 Å². The number of piperazine rings is 1. The maximum absolute atomic E-state index is 12.6. The second-order valence-corrected chi connectivity index (χ2v) is 10.2. The zero-order valence-electron chi connectivity index (χ0n) is 21.6. The summed E-state index contributed by atoms with van der Waals surface area (Å²) < 4.78 is 0. The number of carbonyl (C=O) groups excluding carboxylic acids is 1. The van der Waals surface area contributed by atoms with Gasteiger partial charge in [0.1, 0.15) is 5.84 Å². The molecule has 0 atom stereocenters. The summed E-state index contributed by atoms with van der Waals surface area (Å²) in [4.78, 5) is 35.8. The van der Waals surface area contributed by atoms with Crippen LogP contribution in [0, 0.1) is 5.92 Å². The van der Waals surface area contributed by atoms with Gasteiger partial charge in [0.25, 0.3) is 0 Å². The van der Waals surface area contributed by atoms with Crippen molar-refractivity contribution in [1.82, 2.24) is 19.9 Å². The van der Waals surface area contributed by atoms with Gasteiger partial charge >= 0.3 is 0 Å². The Kier molecular flexibility index (Phi) is 6.83. The number of Topliss-reactive ketones (excluding diaryl/α,β-unsaturated/α-hetero) is 1. The fourth-order valence-corrected chi connectivity index (χ4v) is 4.71. The van der Waals surface area contributed by atoms with Crippen molar-refractivity contribution in [3.8, 4) is 0 Å². The first-order valence-corrected chi connectivity index (χ1v) is 13.2. The van der Waals surface area contributed by atoms with E-state index >= 15 is 0 Å². The lowest BCUT2D eigenvalue weighted by molar-refractivity contribution is 0.0993. The fourth-order valence-electron chi connectivity index (χ4n) is 4.71. The van der Waals surface area contributed by atoms with Crippen LogP contribution in [0.1, 0.15) is 28.8 Å². The molecule has 3 aromatic rings. The topological polar surface area (TPSA) is 98.6 Å². The van der Waals surface area contributed by atoms with E-state index in [4.69, 9.17) is 9.97 Å². The minimum absolute atomic E-state index is 0.102. The molecule has 1 saturated carbocycles. The number of carbonyl (C=O) groups is 1. The second-order valence-electron chi connectivity index (χ2n) is 10.2. The summed E-state index contributed by atoms with van der Waals surface area (Å²) in [6.45, 7) is 4.39. The van der Waals surface area contributed by atoms with Crippen molar-refractivity contribution in [2.24, 2.45) is 10.9 Å². The van der Waals surface area contributed by atoms with E-state index in [1.54, 1.807) is 0 Å². The highest BCUT2D eigenvalue weighted by atomic mass is 16.1. The number of anilines is 4. The predicted molar refractivity (Wildman–Crippen MR) is 150 cm³/mol. The highest BCUT2D eigenvalue weighted by Gasteiger charge is 2.28. The third-order valence-corrected chi connectivity index (χ3v) is 7.18. The normalized spacial score (nSPS) is 17.7. The number of nitrogens with zero attached hydrogens (tertiary/aromatic N) is 6. The molecule has 9 heteroatoms. The smallest absolute Gasteiger partial charge is 0.235 e. The molecule has 2 N–H and O–H groups in total. The number of aliphatic imine (C=N–C) groups is 1. The highest BCUT2D eigenvalue weighted by Crippen LogP contribution is 2.37. The average molecular weight is 509 g/mol. The summed E-state index contributed by atoms with van der Waals surface area (Å²) in [6.07, 6.45) is 5.03. The molecule has 0 amide bonds. The van der Waals surface area contributed by atoms with Crippen LogP contribution >= 0.6 is 0 Å². The second kappa shape index (κ2) is 10.7. The highest BCUT2D eigenvalue weighted by molar-refractivity contribution is 6.05. The van der Waals surface area contributed by atoms with Gasteiger partial charge in [-0.25, -0.2) is 0 Å². The molecule has 1 aliphatic carbocycles. The third-order valence-electron chi connectivity index (χ3n) is 7.18. The van der Waals surface area contributed by atoms with Crippen LogP contribution in [0.15, 0.2) is 71.2 Å². The molecule has 1 aromatic heterocycles. The lowest BCUT2D eigenvalue weighted by Crippen LogP contribution is -2.45. The van der Waals surface area contributed by atoms with Gasteiger partial charge in [0, 0.05) is 43.9 Å². The summed E-state index contributed by atoms with van der Waals surface area (Å²) in [7, 11) is 2.13. The van der Waals surface area contributed by atoms with Crippen LogP contribution in [-0.2, 0) is 6.42 Å². The van der Waals surface area contributed by atoms with Gasteiger partial charge in [0.05, 0.1) is 6.54 Å². The van der Waals surface area contributed by atoms with Crippen LogP contribution in [0.4, 0.5) is 23.5 Å². The van der Waals surface area contributed by atoms with E-state index in [-0.39, 0.29) is 5.78 Å². The number of likely N-dealkylation sites (N-methyl/N-ethyl adjacent to an activating group) is 1. The van der Waals surface area contributed by atoms with Crippen molar-refractivity contribution in [1.29, 1.82) is 0 Å². The number of hydrogen-bond acceptors (Lipinski definition) is 9. The van der Waals surface area contributed by atoms with Crippen molar-refractivity contribution in [3.05, 3.63) is 77.4 Å². The molecule has 2 fully saturated rings. The first-order chi connectivity index (χ1) is 18.6. The lowest BCUT2D eigenvalue weighted by atomic mass is 10.0. The van der Waals surface area contributed by atoms with Gasteiger partial charge in [-0.2, -0.15) is 15.0 Å². The molecule has 0 radical (unpaired) electrons. The molecule has 1 saturated heterocycles. The molecular weight excluding hydrogens is 476 g/mol. The van der Waals surface area contributed by atoms with E-state index < -0.39 is 0 Å². The van der Waals surface area contributed by atoms with E-state index in [2.05, 4.69) is 43.5 Å². The molecule has 9 nitrogen and oxygen atoms in total. The number of rotatable bonds is 8. The Morgan fingerprint density at radius 2 is 1.61 bits per heavy atom. The molecular formula is C29H32N8O. The Hall–Kier alpha value is -4.11. The number of hydrogen-bond donors (Lipinski definition) is 2. The van der Waals surface area contributed by atoms with Crippen molar-refractivity contribution >= 4 is 35.2 Å². The van der Waals surface area contributed by atoms with Crippen LogP contribution in [0.5, 0.6) is 0 Å². The van der Waals surface area contributed by atoms with Gasteiger partial charge in [0.2, 0.25) is 17.8 Å². The number of amidine groups is 1. The van der Waals surface area contributed by atoms with Gasteiger partial charge in [-0.15, -0.1) is 0 Å². The first kappa shape index (κ1) is 24.2. The SMILES string of the molecule is CN1CCN(c2nc(NC3=NCC(C4CC4)=C3)nc(Nc3ccc(CC(=O)c4ccccc4)cc3)n2)CC1. The largest absolute Gasteiger partial charge is 0.338 e. The monoisotopic (exact) mass is 508 g/mol. The molecule has 6 rings (SSSR count).